The highest BCUT2D eigenvalue weighted by Crippen LogP contribution is 2.38. The maximum absolute atomic E-state index is 5.77. The average Bonchev–Trinajstić information content (AvgIpc) is 2.85. The highest BCUT2D eigenvalue weighted by Gasteiger charge is 2.24. The number of nitrogens with zero attached hydrogens (tertiary/aromatic N) is 4. The molecule has 0 spiro atoms. The van der Waals surface area contributed by atoms with Crippen LogP contribution in [0.3, 0.4) is 0 Å². The van der Waals surface area contributed by atoms with Crippen molar-refractivity contribution in [3.05, 3.63) is 60.2 Å². The second kappa shape index (κ2) is 9.40. The van der Waals surface area contributed by atoms with Crippen LogP contribution in [0.1, 0.15) is 30.0 Å². The zero-order valence-corrected chi connectivity index (χ0v) is 18.2. The van der Waals surface area contributed by atoms with Gasteiger partial charge in [0.15, 0.2) is 11.5 Å². The van der Waals surface area contributed by atoms with Crippen molar-refractivity contribution in [1.29, 1.82) is 0 Å². The lowest BCUT2D eigenvalue weighted by molar-refractivity contribution is 0.168. The van der Waals surface area contributed by atoms with Crippen LogP contribution in [0.15, 0.2) is 48.9 Å². The molecule has 5 rings (SSSR count). The summed E-state index contributed by atoms with van der Waals surface area (Å²) < 4.78 is 17.1. The van der Waals surface area contributed by atoms with E-state index in [0.29, 0.717) is 25.1 Å². The predicted molar refractivity (Wildman–Crippen MR) is 121 cm³/mol. The molecule has 3 aromatic rings. The van der Waals surface area contributed by atoms with E-state index in [0.717, 1.165) is 66.7 Å². The standard InChI is InChI=1S/C24H27N5O3/c1-30-21-13-23-22(31-10-11-32-23)12-18(21)16-29-9-2-4-17(15-29)20-6-5-19(14-27-20)28-24-25-7-3-8-26-24/h3,5-8,12-14,17H,2,4,9-11,15-16H2,1H3,(H,25,26,28). The molecule has 0 saturated carbocycles. The molecule has 1 aromatic carbocycles. The van der Waals surface area contributed by atoms with Crippen LogP contribution in [0.4, 0.5) is 11.6 Å². The molecule has 1 fully saturated rings. The van der Waals surface area contributed by atoms with Crippen molar-refractivity contribution in [2.75, 3.05) is 38.7 Å². The van der Waals surface area contributed by atoms with Crippen LogP contribution in [0.25, 0.3) is 0 Å². The van der Waals surface area contributed by atoms with Crippen LogP contribution in [-0.4, -0.2) is 53.3 Å². The van der Waals surface area contributed by atoms with Gasteiger partial charge in [-0.2, -0.15) is 0 Å². The highest BCUT2D eigenvalue weighted by atomic mass is 16.6. The summed E-state index contributed by atoms with van der Waals surface area (Å²) in [6.07, 6.45) is 7.55. The maximum atomic E-state index is 5.77. The van der Waals surface area contributed by atoms with Gasteiger partial charge in [0.1, 0.15) is 19.0 Å². The van der Waals surface area contributed by atoms with Crippen molar-refractivity contribution in [2.45, 2.75) is 25.3 Å². The third kappa shape index (κ3) is 4.60. The molecule has 166 valence electrons. The lowest BCUT2D eigenvalue weighted by Gasteiger charge is -2.33. The van der Waals surface area contributed by atoms with Gasteiger partial charge >= 0.3 is 0 Å². The molecule has 8 heteroatoms. The van der Waals surface area contributed by atoms with E-state index in [1.54, 1.807) is 25.6 Å². The van der Waals surface area contributed by atoms with Crippen molar-refractivity contribution in [3.8, 4) is 17.2 Å². The molecule has 2 aromatic heterocycles. The fraction of sp³-hybridized carbons (Fsp3) is 0.375. The third-order valence-electron chi connectivity index (χ3n) is 5.87. The van der Waals surface area contributed by atoms with Gasteiger partial charge in [-0.3, -0.25) is 9.88 Å². The van der Waals surface area contributed by atoms with Gasteiger partial charge in [-0.1, -0.05) is 0 Å². The molecule has 0 radical (unpaired) electrons. The normalized spacial score (nSPS) is 18.2. The Bertz CT molecular complexity index is 1050. The van der Waals surface area contributed by atoms with Gasteiger partial charge in [0.25, 0.3) is 0 Å². The summed E-state index contributed by atoms with van der Waals surface area (Å²) in [5.74, 6) is 3.36. The Kier molecular flexibility index (Phi) is 6.02. The van der Waals surface area contributed by atoms with Gasteiger partial charge < -0.3 is 19.5 Å². The quantitative estimate of drug-likeness (QED) is 0.629. The number of piperidine rings is 1. The van der Waals surface area contributed by atoms with E-state index >= 15 is 0 Å². The van der Waals surface area contributed by atoms with Crippen LogP contribution >= 0.6 is 0 Å². The molecule has 2 aliphatic rings. The molecule has 4 heterocycles. The number of methoxy groups -OCH3 is 1. The fourth-order valence-corrected chi connectivity index (χ4v) is 4.32. The Morgan fingerprint density at radius 3 is 2.66 bits per heavy atom. The lowest BCUT2D eigenvalue weighted by atomic mass is 9.94. The van der Waals surface area contributed by atoms with Crippen LogP contribution in [-0.2, 0) is 6.54 Å². The molecule has 8 nitrogen and oxygen atoms in total. The van der Waals surface area contributed by atoms with Gasteiger partial charge in [0.2, 0.25) is 5.95 Å². The molecule has 0 aliphatic carbocycles. The van der Waals surface area contributed by atoms with Crippen LogP contribution < -0.4 is 19.5 Å². The largest absolute Gasteiger partial charge is 0.496 e. The third-order valence-corrected chi connectivity index (χ3v) is 5.87. The number of pyridine rings is 1. The second-order valence-corrected chi connectivity index (χ2v) is 8.05. The Labute approximate surface area is 187 Å². The first-order valence-electron chi connectivity index (χ1n) is 11.0. The van der Waals surface area contributed by atoms with Gasteiger partial charge in [-0.15, -0.1) is 0 Å². The number of anilines is 2. The van der Waals surface area contributed by atoms with Crippen molar-refractivity contribution in [2.24, 2.45) is 0 Å². The minimum atomic E-state index is 0.397. The number of hydrogen-bond donors (Lipinski definition) is 1. The highest BCUT2D eigenvalue weighted by molar-refractivity contribution is 5.52. The molecule has 1 N–H and O–H groups in total. The molecular weight excluding hydrogens is 406 g/mol. The summed E-state index contributed by atoms with van der Waals surface area (Å²) in [6.45, 7) is 3.97. The monoisotopic (exact) mass is 433 g/mol. The van der Waals surface area contributed by atoms with Gasteiger partial charge in [-0.05, 0) is 43.7 Å². The molecule has 1 unspecified atom stereocenters. The number of aromatic nitrogens is 3. The summed E-state index contributed by atoms with van der Waals surface area (Å²) in [5, 5.41) is 3.18. The van der Waals surface area contributed by atoms with E-state index in [9.17, 15) is 0 Å². The fourth-order valence-electron chi connectivity index (χ4n) is 4.32. The maximum Gasteiger partial charge on any atom is 0.227 e. The van der Waals surface area contributed by atoms with Crippen LogP contribution in [0.2, 0.25) is 0 Å². The number of fused-ring (bicyclic) bond motifs is 1. The molecular formula is C24H27N5O3. The Balaban J connectivity index is 1.26. The zero-order chi connectivity index (χ0) is 21.8. The number of nitrogens with one attached hydrogen (secondary N) is 1. The SMILES string of the molecule is COc1cc2c(cc1CN1CCCC(c3ccc(Nc4ncccn4)cn3)C1)OCCO2. The summed E-state index contributed by atoms with van der Waals surface area (Å²) in [4.78, 5) is 15.6. The summed E-state index contributed by atoms with van der Waals surface area (Å²) in [7, 11) is 1.70. The van der Waals surface area contributed by atoms with E-state index in [1.165, 1.54) is 0 Å². The summed E-state index contributed by atoms with van der Waals surface area (Å²) >= 11 is 0. The number of likely N-dealkylation sites (tertiary alicyclic amines) is 1. The molecule has 32 heavy (non-hydrogen) atoms. The summed E-state index contributed by atoms with van der Waals surface area (Å²) in [6, 6.07) is 9.93. The molecule has 0 amide bonds. The van der Waals surface area contributed by atoms with Gasteiger partial charge in [0, 0.05) is 48.7 Å². The van der Waals surface area contributed by atoms with Crippen molar-refractivity contribution in [1.82, 2.24) is 19.9 Å². The number of hydrogen-bond acceptors (Lipinski definition) is 8. The van der Waals surface area contributed by atoms with Crippen molar-refractivity contribution in [3.63, 3.8) is 0 Å². The van der Waals surface area contributed by atoms with E-state index in [4.69, 9.17) is 19.2 Å². The molecule has 1 saturated heterocycles. The van der Waals surface area contributed by atoms with Crippen molar-refractivity contribution >= 4 is 11.6 Å². The minimum absolute atomic E-state index is 0.397. The van der Waals surface area contributed by atoms with E-state index < -0.39 is 0 Å². The second-order valence-electron chi connectivity index (χ2n) is 8.05. The first kappa shape index (κ1) is 20.5. The number of benzene rings is 1. The predicted octanol–water partition coefficient (Wildman–Crippen LogP) is 3.77. The molecule has 1 atom stereocenters. The number of rotatable bonds is 6. The van der Waals surface area contributed by atoms with E-state index in [1.807, 2.05) is 18.3 Å². The minimum Gasteiger partial charge on any atom is -0.496 e. The topological polar surface area (TPSA) is 81.6 Å². The van der Waals surface area contributed by atoms with E-state index in [-0.39, 0.29) is 0 Å². The zero-order valence-electron chi connectivity index (χ0n) is 18.2. The Hall–Kier alpha value is -3.39. The lowest BCUT2D eigenvalue weighted by Crippen LogP contribution is -2.34. The van der Waals surface area contributed by atoms with E-state index in [2.05, 4.69) is 32.3 Å². The van der Waals surface area contributed by atoms with Crippen LogP contribution in [0.5, 0.6) is 17.2 Å². The number of ether oxygens (including phenoxy) is 3. The van der Waals surface area contributed by atoms with Crippen molar-refractivity contribution < 1.29 is 14.2 Å². The van der Waals surface area contributed by atoms with Crippen LogP contribution in [0, 0.1) is 0 Å². The first-order chi connectivity index (χ1) is 15.8. The smallest absolute Gasteiger partial charge is 0.227 e. The van der Waals surface area contributed by atoms with Gasteiger partial charge in [0.05, 0.1) is 19.0 Å². The van der Waals surface area contributed by atoms with Gasteiger partial charge in [-0.25, -0.2) is 9.97 Å². The average molecular weight is 434 g/mol. The Morgan fingerprint density at radius 1 is 1.09 bits per heavy atom. The summed E-state index contributed by atoms with van der Waals surface area (Å²) in [5.41, 5.74) is 3.12. The molecule has 0 bridgehead atoms. The molecule has 2 aliphatic heterocycles. The Morgan fingerprint density at radius 2 is 1.91 bits per heavy atom. The first-order valence-corrected chi connectivity index (χ1v) is 11.0.